The summed E-state index contributed by atoms with van der Waals surface area (Å²) in [7, 11) is 0. The molecule has 1 aromatic rings. The third-order valence-electron chi connectivity index (χ3n) is 2.81. The van der Waals surface area contributed by atoms with Crippen LogP contribution < -0.4 is 5.32 Å². The van der Waals surface area contributed by atoms with E-state index in [1.54, 1.807) is 12.4 Å². The zero-order chi connectivity index (χ0) is 11.4. The first kappa shape index (κ1) is 10.9. The molecule has 0 radical (unpaired) electrons. The van der Waals surface area contributed by atoms with Gasteiger partial charge in [-0.2, -0.15) is 0 Å². The SMILES string of the molecule is CCNc1ccncc1C(=O)N1CCCC1. The van der Waals surface area contributed by atoms with Gasteiger partial charge >= 0.3 is 0 Å². The predicted octanol–water partition coefficient (Wildman–Crippen LogP) is 1.75. The first-order chi connectivity index (χ1) is 7.83. The Hall–Kier alpha value is -1.58. The van der Waals surface area contributed by atoms with Crippen molar-refractivity contribution in [3.05, 3.63) is 24.0 Å². The number of hydrogen-bond donors (Lipinski definition) is 1. The molecule has 1 amide bonds. The van der Waals surface area contributed by atoms with Gasteiger partial charge in [0.15, 0.2) is 0 Å². The number of anilines is 1. The topological polar surface area (TPSA) is 45.2 Å². The average Bonchev–Trinajstić information content (AvgIpc) is 2.83. The summed E-state index contributed by atoms with van der Waals surface area (Å²) in [5.74, 6) is 0.0987. The number of nitrogens with zero attached hydrogens (tertiary/aromatic N) is 2. The third kappa shape index (κ3) is 2.15. The van der Waals surface area contributed by atoms with Gasteiger partial charge in [0.05, 0.1) is 11.3 Å². The van der Waals surface area contributed by atoms with Crippen LogP contribution in [0.3, 0.4) is 0 Å². The fourth-order valence-electron chi connectivity index (χ4n) is 2.00. The summed E-state index contributed by atoms with van der Waals surface area (Å²) < 4.78 is 0. The number of carbonyl (C=O) groups is 1. The summed E-state index contributed by atoms with van der Waals surface area (Å²) in [6, 6.07) is 1.85. The maximum Gasteiger partial charge on any atom is 0.257 e. The number of pyridine rings is 1. The zero-order valence-corrected chi connectivity index (χ0v) is 9.57. The maximum absolute atomic E-state index is 12.2. The molecular weight excluding hydrogens is 202 g/mol. The van der Waals surface area contributed by atoms with E-state index in [4.69, 9.17) is 0 Å². The van der Waals surface area contributed by atoms with Crippen molar-refractivity contribution in [2.45, 2.75) is 19.8 Å². The normalized spacial score (nSPS) is 15.2. The molecule has 1 N–H and O–H groups in total. The van der Waals surface area contributed by atoms with E-state index in [0.717, 1.165) is 38.2 Å². The minimum absolute atomic E-state index is 0.0987. The monoisotopic (exact) mass is 219 g/mol. The van der Waals surface area contributed by atoms with Gasteiger partial charge in [0.2, 0.25) is 0 Å². The Balaban J connectivity index is 2.21. The summed E-state index contributed by atoms with van der Waals surface area (Å²) in [6.07, 6.45) is 5.59. The molecule has 0 spiro atoms. The second-order valence-electron chi connectivity index (χ2n) is 3.95. The van der Waals surface area contributed by atoms with Crippen LogP contribution in [0.15, 0.2) is 18.5 Å². The van der Waals surface area contributed by atoms with E-state index in [2.05, 4.69) is 10.3 Å². The largest absolute Gasteiger partial charge is 0.385 e. The Morgan fingerprint density at radius 2 is 2.25 bits per heavy atom. The highest BCUT2D eigenvalue weighted by Crippen LogP contribution is 2.18. The van der Waals surface area contributed by atoms with Crippen molar-refractivity contribution in [2.75, 3.05) is 25.0 Å². The Morgan fingerprint density at radius 3 is 2.94 bits per heavy atom. The van der Waals surface area contributed by atoms with E-state index in [-0.39, 0.29) is 5.91 Å². The van der Waals surface area contributed by atoms with Crippen molar-refractivity contribution < 1.29 is 4.79 Å². The maximum atomic E-state index is 12.2. The van der Waals surface area contributed by atoms with Gasteiger partial charge in [-0.25, -0.2) is 0 Å². The number of nitrogens with one attached hydrogen (secondary N) is 1. The van der Waals surface area contributed by atoms with Crippen LogP contribution in [-0.4, -0.2) is 35.4 Å². The second kappa shape index (κ2) is 4.96. The van der Waals surface area contributed by atoms with Crippen molar-refractivity contribution in [3.8, 4) is 0 Å². The number of hydrogen-bond acceptors (Lipinski definition) is 3. The van der Waals surface area contributed by atoms with Gasteiger partial charge in [-0.1, -0.05) is 0 Å². The number of rotatable bonds is 3. The smallest absolute Gasteiger partial charge is 0.257 e. The summed E-state index contributed by atoms with van der Waals surface area (Å²) in [5, 5.41) is 3.19. The Morgan fingerprint density at radius 1 is 1.50 bits per heavy atom. The minimum atomic E-state index is 0.0987. The molecule has 4 heteroatoms. The zero-order valence-electron chi connectivity index (χ0n) is 9.57. The van der Waals surface area contributed by atoms with E-state index in [0.29, 0.717) is 5.56 Å². The van der Waals surface area contributed by atoms with Crippen LogP contribution in [0.2, 0.25) is 0 Å². The minimum Gasteiger partial charge on any atom is -0.385 e. The van der Waals surface area contributed by atoms with Gasteiger partial charge < -0.3 is 10.2 Å². The summed E-state index contributed by atoms with van der Waals surface area (Å²) in [6.45, 7) is 4.58. The van der Waals surface area contributed by atoms with Crippen LogP contribution in [0.25, 0.3) is 0 Å². The van der Waals surface area contributed by atoms with E-state index >= 15 is 0 Å². The molecule has 0 aromatic carbocycles. The molecule has 0 saturated carbocycles. The van der Waals surface area contributed by atoms with Gasteiger partial charge in [-0.3, -0.25) is 9.78 Å². The third-order valence-corrected chi connectivity index (χ3v) is 2.81. The molecule has 0 aliphatic carbocycles. The van der Waals surface area contributed by atoms with E-state index in [1.165, 1.54) is 0 Å². The molecular formula is C12H17N3O. The number of carbonyl (C=O) groups excluding carboxylic acids is 1. The highest BCUT2D eigenvalue weighted by atomic mass is 16.2. The van der Waals surface area contributed by atoms with Crippen molar-refractivity contribution in [3.63, 3.8) is 0 Å². The van der Waals surface area contributed by atoms with Crippen molar-refractivity contribution in [1.29, 1.82) is 0 Å². The molecule has 0 atom stereocenters. The van der Waals surface area contributed by atoms with Gasteiger partial charge in [-0.15, -0.1) is 0 Å². The standard InChI is InChI=1S/C12H17N3O/c1-2-14-11-5-6-13-9-10(11)12(16)15-7-3-4-8-15/h5-6,9H,2-4,7-8H2,1H3,(H,13,14). The van der Waals surface area contributed by atoms with Crippen molar-refractivity contribution in [1.82, 2.24) is 9.88 Å². The van der Waals surface area contributed by atoms with Crippen LogP contribution in [0, 0.1) is 0 Å². The van der Waals surface area contributed by atoms with Crippen LogP contribution in [0.1, 0.15) is 30.1 Å². The molecule has 0 bridgehead atoms. The molecule has 1 aliphatic heterocycles. The Kier molecular flexibility index (Phi) is 3.39. The lowest BCUT2D eigenvalue weighted by Gasteiger charge is -2.17. The summed E-state index contributed by atoms with van der Waals surface area (Å²) >= 11 is 0. The number of amides is 1. The quantitative estimate of drug-likeness (QED) is 0.842. The second-order valence-corrected chi connectivity index (χ2v) is 3.95. The van der Waals surface area contributed by atoms with Crippen LogP contribution in [-0.2, 0) is 0 Å². The van der Waals surface area contributed by atoms with E-state index < -0.39 is 0 Å². The van der Waals surface area contributed by atoms with E-state index in [1.807, 2.05) is 17.9 Å². The molecule has 0 unspecified atom stereocenters. The lowest BCUT2D eigenvalue weighted by molar-refractivity contribution is 0.0793. The molecule has 1 fully saturated rings. The lowest BCUT2D eigenvalue weighted by Crippen LogP contribution is -2.28. The van der Waals surface area contributed by atoms with E-state index in [9.17, 15) is 4.79 Å². The van der Waals surface area contributed by atoms with Gasteiger partial charge in [0.1, 0.15) is 0 Å². The molecule has 1 saturated heterocycles. The number of aromatic nitrogens is 1. The highest BCUT2D eigenvalue weighted by Gasteiger charge is 2.21. The highest BCUT2D eigenvalue weighted by molar-refractivity contribution is 5.99. The fraction of sp³-hybridized carbons (Fsp3) is 0.500. The van der Waals surface area contributed by atoms with Crippen LogP contribution in [0.5, 0.6) is 0 Å². The molecule has 1 aliphatic rings. The van der Waals surface area contributed by atoms with Crippen molar-refractivity contribution >= 4 is 11.6 Å². The van der Waals surface area contributed by atoms with Gasteiger partial charge in [-0.05, 0) is 25.8 Å². The van der Waals surface area contributed by atoms with Gasteiger partial charge in [0.25, 0.3) is 5.91 Å². The summed E-state index contributed by atoms with van der Waals surface area (Å²) in [4.78, 5) is 18.1. The Labute approximate surface area is 95.7 Å². The lowest BCUT2D eigenvalue weighted by atomic mass is 10.2. The molecule has 86 valence electrons. The molecule has 1 aromatic heterocycles. The van der Waals surface area contributed by atoms with Crippen LogP contribution >= 0.6 is 0 Å². The average molecular weight is 219 g/mol. The first-order valence-corrected chi connectivity index (χ1v) is 5.80. The molecule has 2 heterocycles. The molecule has 2 rings (SSSR count). The van der Waals surface area contributed by atoms with Crippen molar-refractivity contribution in [2.24, 2.45) is 0 Å². The van der Waals surface area contributed by atoms with Crippen LogP contribution in [0.4, 0.5) is 5.69 Å². The predicted molar refractivity (Wildman–Crippen MR) is 63.5 cm³/mol. The molecule has 4 nitrogen and oxygen atoms in total. The fourth-order valence-corrected chi connectivity index (χ4v) is 2.00. The van der Waals surface area contributed by atoms with Gasteiger partial charge in [0, 0.05) is 32.0 Å². The summed E-state index contributed by atoms with van der Waals surface area (Å²) in [5.41, 5.74) is 1.57. The molecule has 16 heavy (non-hydrogen) atoms. The first-order valence-electron chi connectivity index (χ1n) is 5.80. The number of likely N-dealkylation sites (tertiary alicyclic amines) is 1. The Bertz CT molecular complexity index is 372.